The first kappa shape index (κ1) is 14.3. The molecule has 0 N–H and O–H groups in total. The van der Waals surface area contributed by atoms with Crippen LogP contribution < -0.4 is 4.74 Å². The maximum Gasteiger partial charge on any atom is 0.165 e. The van der Waals surface area contributed by atoms with E-state index < -0.39 is 0 Å². The van der Waals surface area contributed by atoms with Crippen LogP contribution >= 0.6 is 0 Å². The molecule has 0 aliphatic carbocycles. The molecule has 0 bridgehead atoms. The number of ether oxygens (including phenoxy) is 1. The minimum absolute atomic E-state index is 0.415. The van der Waals surface area contributed by atoms with Crippen molar-refractivity contribution < 1.29 is 4.74 Å². The Morgan fingerprint density at radius 3 is 2.58 bits per heavy atom. The predicted octanol–water partition coefficient (Wildman–Crippen LogP) is 4.12. The predicted molar refractivity (Wildman–Crippen MR) is 94.1 cm³/mol. The molecule has 0 radical (unpaired) electrons. The van der Waals surface area contributed by atoms with E-state index in [9.17, 15) is 5.26 Å². The van der Waals surface area contributed by atoms with Gasteiger partial charge in [0, 0.05) is 17.4 Å². The molecule has 2 aromatic carbocycles. The smallest absolute Gasteiger partial charge is 0.165 e. The Morgan fingerprint density at radius 2 is 1.83 bits per heavy atom. The third kappa shape index (κ3) is 2.10. The first-order valence-electron chi connectivity index (χ1n) is 7.71. The lowest BCUT2D eigenvalue weighted by atomic mass is 10.1. The van der Waals surface area contributed by atoms with Gasteiger partial charge < -0.3 is 9.30 Å². The Bertz CT molecular complexity index is 1070. The molecule has 0 aliphatic heterocycles. The highest BCUT2D eigenvalue weighted by Gasteiger charge is 2.18. The number of hydrogen-bond donors (Lipinski definition) is 0. The van der Waals surface area contributed by atoms with Crippen molar-refractivity contribution in [3.8, 4) is 11.8 Å². The van der Waals surface area contributed by atoms with Gasteiger partial charge in [-0.2, -0.15) is 5.26 Å². The van der Waals surface area contributed by atoms with Gasteiger partial charge in [-0.3, -0.25) is 0 Å². The number of nitriles is 1. The fourth-order valence-corrected chi connectivity index (χ4v) is 3.21. The van der Waals surface area contributed by atoms with Crippen molar-refractivity contribution in [3.05, 3.63) is 72.1 Å². The van der Waals surface area contributed by atoms with Gasteiger partial charge in [0.2, 0.25) is 0 Å². The van der Waals surface area contributed by atoms with Gasteiger partial charge in [-0.05, 0) is 11.6 Å². The van der Waals surface area contributed by atoms with Crippen molar-refractivity contribution in [1.82, 2.24) is 9.55 Å². The van der Waals surface area contributed by atoms with Crippen LogP contribution in [0.1, 0.15) is 11.3 Å². The molecular weight excluding hydrogens is 298 g/mol. The molecule has 4 rings (SSSR count). The summed E-state index contributed by atoms with van der Waals surface area (Å²) < 4.78 is 7.66. The van der Waals surface area contributed by atoms with Gasteiger partial charge in [0.1, 0.15) is 11.8 Å². The van der Waals surface area contributed by atoms with Gasteiger partial charge in [-0.25, -0.2) is 4.98 Å². The molecule has 0 saturated carbocycles. The highest BCUT2D eigenvalue weighted by atomic mass is 16.5. The third-order valence-electron chi connectivity index (χ3n) is 4.26. The minimum atomic E-state index is 0.415. The second-order valence-corrected chi connectivity index (χ2v) is 5.60. The lowest BCUT2D eigenvalue weighted by Gasteiger charge is -2.09. The third-order valence-corrected chi connectivity index (χ3v) is 4.26. The standard InChI is InChI=1S/C20H15N3O/c1-24-18-12-22-16(11-21)20-19(18)15-9-5-6-10-17(15)23(20)13-14-7-3-2-4-8-14/h2-10,12H,13H2,1H3. The van der Waals surface area contributed by atoms with Crippen molar-refractivity contribution in [2.45, 2.75) is 6.54 Å². The molecule has 0 atom stereocenters. The van der Waals surface area contributed by atoms with Crippen molar-refractivity contribution >= 4 is 21.8 Å². The van der Waals surface area contributed by atoms with Crippen molar-refractivity contribution in [3.63, 3.8) is 0 Å². The van der Waals surface area contributed by atoms with E-state index in [4.69, 9.17) is 4.74 Å². The van der Waals surface area contributed by atoms with Crippen LogP contribution in [-0.4, -0.2) is 16.7 Å². The first-order chi connectivity index (χ1) is 11.8. The van der Waals surface area contributed by atoms with Crippen LogP contribution in [0.25, 0.3) is 21.8 Å². The zero-order valence-electron chi connectivity index (χ0n) is 13.2. The molecular formula is C20H15N3O. The molecule has 0 saturated heterocycles. The van der Waals surface area contributed by atoms with E-state index in [1.165, 1.54) is 5.56 Å². The molecule has 0 unspecified atom stereocenters. The lowest BCUT2D eigenvalue weighted by molar-refractivity contribution is 0.418. The fourth-order valence-electron chi connectivity index (χ4n) is 3.21. The molecule has 0 fully saturated rings. The summed E-state index contributed by atoms with van der Waals surface area (Å²) in [4.78, 5) is 4.29. The quantitative estimate of drug-likeness (QED) is 0.572. The molecule has 0 spiro atoms. The van der Waals surface area contributed by atoms with Crippen LogP contribution in [0.2, 0.25) is 0 Å². The number of nitrogens with zero attached hydrogens (tertiary/aromatic N) is 3. The number of methoxy groups -OCH3 is 1. The van der Waals surface area contributed by atoms with Crippen LogP contribution in [-0.2, 0) is 6.54 Å². The first-order valence-corrected chi connectivity index (χ1v) is 7.71. The van der Waals surface area contributed by atoms with E-state index in [1.807, 2.05) is 30.3 Å². The van der Waals surface area contributed by atoms with Crippen LogP contribution in [0.5, 0.6) is 5.75 Å². The van der Waals surface area contributed by atoms with E-state index >= 15 is 0 Å². The van der Waals surface area contributed by atoms with E-state index in [-0.39, 0.29) is 0 Å². The van der Waals surface area contributed by atoms with Crippen molar-refractivity contribution in [2.75, 3.05) is 7.11 Å². The summed E-state index contributed by atoms with van der Waals surface area (Å²) in [6, 6.07) is 20.6. The Labute approximate surface area is 139 Å². The summed E-state index contributed by atoms with van der Waals surface area (Å²) in [7, 11) is 1.63. The average molecular weight is 313 g/mol. The molecule has 0 amide bonds. The van der Waals surface area contributed by atoms with Crippen LogP contribution in [0.15, 0.2) is 60.8 Å². The Hall–Kier alpha value is -3.32. The monoisotopic (exact) mass is 313 g/mol. The SMILES string of the molecule is COc1cnc(C#N)c2c1c1ccccc1n2Cc1ccccc1. The van der Waals surface area contributed by atoms with Crippen LogP contribution in [0.3, 0.4) is 0 Å². The van der Waals surface area contributed by atoms with Gasteiger partial charge in [-0.15, -0.1) is 0 Å². The number of pyridine rings is 1. The summed E-state index contributed by atoms with van der Waals surface area (Å²) in [6.07, 6.45) is 1.63. The van der Waals surface area contributed by atoms with E-state index in [2.05, 4.69) is 39.9 Å². The molecule has 2 heterocycles. The van der Waals surface area contributed by atoms with Crippen molar-refractivity contribution in [1.29, 1.82) is 5.26 Å². The van der Waals surface area contributed by atoms with Gasteiger partial charge in [0.05, 0.1) is 24.2 Å². The highest BCUT2D eigenvalue weighted by molar-refractivity contribution is 6.12. The van der Waals surface area contributed by atoms with E-state index in [0.29, 0.717) is 18.0 Å². The average Bonchev–Trinajstić information content (AvgIpc) is 2.97. The summed E-state index contributed by atoms with van der Waals surface area (Å²) in [5, 5.41) is 11.6. The molecule has 2 aromatic heterocycles. The Balaban J connectivity index is 2.12. The second kappa shape index (κ2) is 5.71. The van der Waals surface area contributed by atoms with Gasteiger partial charge in [0.25, 0.3) is 0 Å². The summed E-state index contributed by atoms with van der Waals surface area (Å²) in [5.74, 6) is 0.687. The molecule has 116 valence electrons. The molecule has 4 heteroatoms. The largest absolute Gasteiger partial charge is 0.494 e. The molecule has 4 nitrogen and oxygen atoms in total. The van der Waals surface area contributed by atoms with E-state index in [1.54, 1.807) is 13.3 Å². The number of hydrogen-bond acceptors (Lipinski definition) is 3. The second-order valence-electron chi connectivity index (χ2n) is 5.60. The maximum atomic E-state index is 9.55. The van der Waals surface area contributed by atoms with Gasteiger partial charge in [0.15, 0.2) is 5.69 Å². The van der Waals surface area contributed by atoms with Gasteiger partial charge >= 0.3 is 0 Å². The Morgan fingerprint density at radius 1 is 1.08 bits per heavy atom. The molecule has 24 heavy (non-hydrogen) atoms. The normalized spacial score (nSPS) is 10.8. The number of para-hydroxylation sites is 1. The molecule has 0 aliphatic rings. The summed E-state index contributed by atoms with van der Waals surface area (Å²) in [6.45, 7) is 0.675. The topological polar surface area (TPSA) is 50.8 Å². The Kier molecular flexibility index (Phi) is 3.40. The summed E-state index contributed by atoms with van der Waals surface area (Å²) >= 11 is 0. The zero-order valence-corrected chi connectivity index (χ0v) is 13.2. The van der Waals surface area contributed by atoms with Crippen molar-refractivity contribution in [2.24, 2.45) is 0 Å². The van der Waals surface area contributed by atoms with Gasteiger partial charge in [-0.1, -0.05) is 48.5 Å². The van der Waals surface area contributed by atoms with Crippen LogP contribution in [0, 0.1) is 11.3 Å². The molecule has 4 aromatic rings. The number of aromatic nitrogens is 2. The highest BCUT2D eigenvalue weighted by Crippen LogP contribution is 2.36. The van der Waals surface area contributed by atoms with E-state index in [0.717, 1.165) is 21.8 Å². The lowest BCUT2D eigenvalue weighted by Crippen LogP contribution is -2.01. The summed E-state index contributed by atoms with van der Waals surface area (Å²) in [5.41, 5.74) is 3.48. The number of fused-ring (bicyclic) bond motifs is 3. The number of rotatable bonds is 3. The maximum absolute atomic E-state index is 9.55. The number of benzene rings is 2. The fraction of sp³-hybridized carbons (Fsp3) is 0.100. The zero-order chi connectivity index (χ0) is 16.5. The minimum Gasteiger partial charge on any atom is -0.494 e. The van der Waals surface area contributed by atoms with Crippen LogP contribution in [0.4, 0.5) is 0 Å².